The molecule has 0 aliphatic carbocycles. The molecule has 29 heavy (non-hydrogen) atoms. The fraction of sp³-hybridized carbons (Fsp3) is 0.0909. The van der Waals surface area contributed by atoms with Crippen LogP contribution in [0.4, 0.5) is 5.69 Å². The maximum absolute atomic E-state index is 13.0. The highest BCUT2D eigenvalue weighted by Crippen LogP contribution is 2.56. The maximum Gasteiger partial charge on any atom is 0.276 e. The molecule has 1 fully saturated rings. The molecule has 2 amide bonds. The molecule has 2 aliphatic rings. The van der Waals surface area contributed by atoms with Gasteiger partial charge in [0.15, 0.2) is 0 Å². The highest BCUT2D eigenvalue weighted by atomic mass is 16.6. The van der Waals surface area contributed by atoms with Crippen LogP contribution in [0, 0.1) is 10.1 Å². The van der Waals surface area contributed by atoms with Crippen molar-refractivity contribution in [2.24, 2.45) is 0 Å². The Morgan fingerprint density at radius 1 is 0.690 bits per heavy atom. The maximum atomic E-state index is 13.0. The number of rotatable bonds is 4. The molecule has 7 heteroatoms. The molecule has 0 saturated carbocycles. The number of non-ortho nitro benzene ring substituents is 1. The van der Waals surface area contributed by atoms with Crippen LogP contribution in [0.3, 0.4) is 0 Å². The summed E-state index contributed by atoms with van der Waals surface area (Å²) in [6.45, 7) is 0. The number of amides is 2. The lowest BCUT2D eigenvalue weighted by atomic mass is 10.0. The van der Waals surface area contributed by atoms with Gasteiger partial charge in [0.05, 0.1) is 28.1 Å². The molecular formula is C22H15N3O4. The molecule has 7 nitrogen and oxygen atoms in total. The van der Waals surface area contributed by atoms with Crippen LogP contribution in [-0.2, 0) is 0 Å². The smallest absolute Gasteiger partial charge is 0.267 e. The van der Waals surface area contributed by atoms with Gasteiger partial charge in [0, 0.05) is 12.1 Å². The van der Waals surface area contributed by atoms with Crippen molar-refractivity contribution in [3.8, 4) is 0 Å². The van der Waals surface area contributed by atoms with Crippen molar-refractivity contribution >= 4 is 17.5 Å². The molecule has 0 bridgehead atoms. The van der Waals surface area contributed by atoms with Gasteiger partial charge in [-0.25, -0.2) is 5.01 Å². The van der Waals surface area contributed by atoms with Gasteiger partial charge in [-0.3, -0.25) is 19.7 Å². The van der Waals surface area contributed by atoms with Gasteiger partial charge in [-0.05, 0) is 23.3 Å². The Bertz CT molecular complexity index is 1110. The Hall–Kier alpha value is -3.84. The number of imide groups is 1. The zero-order valence-electron chi connectivity index (χ0n) is 15.1. The lowest BCUT2D eigenvalue weighted by molar-refractivity contribution is -0.384. The van der Waals surface area contributed by atoms with E-state index in [2.05, 4.69) is 0 Å². The standard InChI is InChI=1S/C22H15N3O4/c26-21-17-8-4-5-9-18(17)22(27)24(21)23-19(14-6-2-1-3-7-14)20(23)15-10-12-16(13-11-15)25(28)29/h1-13,19-20H/t19-,20+,23?/m1/s1. The number of nitro groups is 1. The van der Waals surface area contributed by atoms with Crippen LogP contribution in [0.2, 0.25) is 0 Å². The van der Waals surface area contributed by atoms with Crippen molar-refractivity contribution in [2.75, 3.05) is 0 Å². The third kappa shape index (κ3) is 2.63. The van der Waals surface area contributed by atoms with Gasteiger partial charge in [0.1, 0.15) is 0 Å². The van der Waals surface area contributed by atoms with E-state index in [0.717, 1.165) is 11.1 Å². The molecule has 3 aromatic carbocycles. The molecule has 0 aromatic heterocycles. The van der Waals surface area contributed by atoms with Crippen LogP contribution in [-0.4, -0.2) is 26.8 Å². The van der Waals surface area contributed by atoms with E-state index in [-0.39, 0.29) is 29.6 Å². The van der Waals surface area contributed by atoms with Gasteiger partial charge in [-0.15, -0.1) is 0 Å². The molecule has 1 saturated heterocycles. The van der Waals surface area contributed by atoms with Crippen LogP contribution in [0.5, 0.6) is 0 Å². The molecule has 0 spiro atoms. The number of carbonyl (C=O) groups excluding carboxylic acids is 2. The first-order chi connectivity index (χ1) is 14.1. The van der Waals surface area contributed by atoms with Gasteiger partial charge in [-0.2, -0.15) is 5.01 Å². The first kappa shape index (κ1) is 17.3. The summed E-state index contributed by atoms with van der Waals surface area (Å²) < 4.78 is 0. The fourth-order valence-corrected chi connectivity index (χ4v) is 3.97. The molecule has 0 N–H and O–H groups in total. The van der Waals surface area contributed by atoms with Gasteiger partial charge in [0.25, 0.3) is 17.5 Å². The zero-order valence-corrected chi connectivity index (χ0v) is 15.1. The first-order valence-corrected chi connectivity index (χ1v) is 9.13. The molecular weight excluding hydrogens is 370 g/mol. The molecule has 5 rings (SSSR count). The van der Waals surface area contributed by atoms with Crippen LogP contribution in [0.25, 0.3) is 0 Å². The summed E-state index contributed by atoms with van der Waals surface area (Å²) in [7, 11) is 0. The third-order valence-electron chi connectivity index (χ3n) is 5.37. The van der Waals surface area contributed by atoms with E-state index >= 15 is 0 Å². The lowest BCUT2D eigenvalue weighted by Gasteiger charge is -2.16. The van der Waals surface area contributed by atoms with E-state index in [0.29, 0.717) is 11.1 Å². The highest BCUT2D eigenvalue weighted by Gasteiger charge is 2.58. The third-order valence-corrected chi connectivity index (χ3v) is 5.37. The van der Waals surface area contributed by atoms with E-state index in [1.54, 1.807) is 41.4 Å². The summed E-state index contributed by atoms with van der Waals surface area (Å²) in [4.78, 5) is 36.4. The van der Waals surface area contributed by atoms with E-state index in [4.69, 9.17) is 0 Å². The number of hydrazine groups is 1. The van der Waals surface area contributed by atoms with Crippen molar-refractivity contribution in [3.63, 3.8) is 0 Å². The van der Waals surface area contributed by atoms with Crippen molar-refractivity contribution in [3.05, 3.63) is 111 Å². The molecule has 1 unspecified atom stereocenters. The minimum absolute atomic E-state index is 0.00191. The van der Waals surface area contributed by atoms with Crippen LogP contribution in [0.15, 0.2) is 78.9 Å². The second-order valence-corrected chi connectivity index (χ2v) is 7.00. The largest absolute Gasteiger partial charge is 0.276 e. The summed E-state index contributed by atoms with van der Waals surface area (Å²) in [6, 6.07) is 22.1. The van der Waals surface area contributed by atoms with Crippen LogP contribution >= 0.6 is 0 Å². The van der Waals surface area contributed by atoms with Gasteiger partial charge in [-0.1, -0.05) is 54.6 Å². The summed E-state index contributed by atoms with van der Waals surface area (Å²) in [6.07, 6.45) is 0. The van der Waals surface area contributed by atoms with Crippen molar-refractivity contribution in [1.29, 1.82) is 0 Å². The lowest BCUT2D eigenvalue weighted by Crippen LogP contribution is -2.35. The average Bonchev–Trinajstić information content (AvgIpc) is 3.43. The topological polar surface area (TPSA) is 83.5 Å². The number of nitrogens with zero attached hydrogens (tertiary/aromatic N) is 3. The number of hydrogen-bond acceptors (Lipinski definition) is 5. The zero-order chi connectivity index (χ0) is 20.1. The fourth-order valence-electron chi connectivity index (χ4n) is 3.97. The number of nitro benzene ring substituents is 1. The molecule has 2 heterocycles. The van der Waals surface area contributed by atoms with Crippen LogP contribution in [0.1, 0.15) is 43.9 Å². The molecule has 3 aromatic rings. The number of benzene rings is 3. The monoisotopic (exact) mass is 385 g/mol. The summed E-state index contributed by atoms with van der Waals surface area (Å²) in [5.41, 5.74) is 2.55. The van der Waals surface area contributed by atoms with Gasteiger partial charge < -0.3 is 0 Å². The summed E-state index contributed by atoms with van der Waals surface area (Å²) in [5, 5.41) is 13.9. The quantitative estimate of drug-likeness (QED) is 0.294. The first-order valence-electron chi connectivity index (χ1n) is 9.13. The Morgan fingerprint density at radius 3 is 1.69 bits per heavy atom. The van der Waals surface area contributed by atoms with E-state index in [9.17, 15) is 19.7 Å². The van der Waals surface area contributed by atoms with Crippen LogP contribution < -0.4 is 0 Å². The Morgan fingerprint density at radius 2 is 1.17 bits per heavy atom. The summed E-state index contributed by atoms with van der Waals surface area (Å²) in [5.74, 6) is -0.702. The van der Waals surface area contributed by atoms with E-state index in [1.807, 2.05) is 30.3 Å². The molecule has 2 aliphatic heterocycles. The minimum Gasteiger partial charge on any atom is -0.267 e. The Balaban J connectivity index is 1.54. The van der Waals surface area contributed by atoms with Crippen molar-refractivity contribution in [2.45, 2.75) is 12.1 Å². The van der Waals surface area contributed by atoms with Gasteiger partial charge in [0.2, 0.25) is 0 Å². The highest BCUT2D eigenvalue weighted by molar-refractivity contribution is 6.21. The van der Waals surface area contributed by atoms with Crippen molar-refractivity contribution < 1.29 is 14.5 Å². The molecule has 0 radical (unpaired) electrons. The number of fused-ring (bicyclic) bond motifs is 1. The normalized spacial score (nSPS) is 22.5. The molecule has 142 valence electrons. The Kier molecular flexibility index (Phi) is 3.78. The average molecular weight is 385 g/mol. The summed E-state index contributed by atoms with van der Waals surface area (Å²) >= 11 is 0. The molecule has 3 atom stereocenters. The Labute approximate surface area is 165 Å². The van der Waals surface area contributed by atoms with E-state index in [1.165, 1.54) is 17.1 Å². The van der Waals surface area contributed by atoms with Gasteiger partial charge >= 0.3 is 0 Å². The second kappa shape index (κ2) is 6.35. The number of hydrogen-bond donors (Lipinski definition) is 0. The minimum atomic E-state index is -0.451. The second-order valence-electron chi connectivity index (χ2n) is 7.00. The van der Waals surface area contributed by atoms with E-state index < -0.39 is 4.92 Å². The predicted molar refractivity (Wildman–Crippen MR) is 104 cm³/mol. The number of carbonyl (C=O) groups is 2. The SMILES string of the molecule is O=C1c2ccccc2C(=O)N1N1[C@H](c2ccccc2)[C@@H]1c1ccc([N+](=O)[O-])cc1. The van der Waals surface area contributed by atoms with Crippen molar-refractivity contribution in [1.82, 2.24) is 10.0 Å². The predicted octanol–water partition coefficient (Wildman–Crippen LogP) is 3.90.